The Balaban J connectivity index is 2.35. The molecule has 0 radical (unpaired) electrons. The molecule has 1 atom stereocenters. The lowest BCUT2D eigenvalue weighted by Crippen LogP contribution is -2.35. The minimum atomic E-state index is -4.42. The number of aliphatic imine (C=N–C) groups is 2. The van der Waals surface area contributed by atoms with E-state index in [-0.39, 0.29) is 17.1 Å². The number of hydrogen-bond donors (Lipinski definition) is 3. The van der Waals surface area contributed by atoms with Gasteiger partial charge in [-0.2, -0.15) is 13.2 Å². The predicted molar refractivity (Wildman–Crippen MR) is 105 cm³/mol. The maximum absolute atomic E-state index is 12.8. The summed E-state index contributed by atoms with van der Waals surface area (Å²) in [5.74, 6) is 1.27. The summed E-state index contributed by atoms with van der Waals surface area (Å²) in [5.41, 5.74) is 5.46. The minimum absolute atomic E-state index is 0.0109. The van der Waals surface area contributed by atoms with Gasteiger partial charge in [0, 0.05) is 19.2 Å². The van der Waals surface area contributed by atoms with E-state index >= 15 is 0 Å². The third-order valence-electron chi connectivity index (χ3n) is 4.64. The molecule has 6 nitrogen and oxygen atoms in total. The molecule has 1 aliphatic carbocycles. The molecule has 29 heavy (non-hydrogen) atoms. The number of amidine groups is 2. The van der Waals surface area contributed by atoms with Crippen molar-refractivity contribution in [2.75, 3.05) is 13.7 Å². The summed E-state index contributed by atoms with van der Waals surface area (Å²) >= 11 is 0. The second-order valence-corrected chi connectivity index (χ2v) is 6.93. The summed E-state index contributed by atoms with van der Waals surface area (Å²) in [4.78, 5) is 20.2. The molecule has 9 heteroatoms. The molecule has 1 saturated carbocycles. The van der Waals surface area contributed by atoms with Crippen LogP contribution in [0.5, 0.6) is 0 Å². The number of carbonyl (C=O) groups is 1. The van der Waals surface area contributed by atoms with E-state index in [4.69, 9.17) is 5.73 Å². The Labute approximate surface area is 167 Å². The number of nitrogens with two attached hydrogens (primary N) is 1. The molecule has 0 aliphatic heterocycles. The van der Waals surface area contributed by atoms with Crippen LogP contribution in [0.1, 0.15) is 43.4 Å². The third-order valence-corrected chi connectivity index (χ3v) is 4.64. The zero-order chi connectivity index (χ0) is 21.6. The number of nitrogens with zero attached hydrogens (tertiary/aromatic N) is 2. The van der Waals surface area contributed by atoms with E-state index in [2.05, 4.69) is 15.3 Å². The Morgan fingerprint density at radius 1 is 1.34 bits per heavy atom. The van der Waals surface area contributed by atoms with Crippen molar-refractivity contribution in [2.24, 2.45) is 21.6 Å². The Morgan fingerprint density at radius 3 is 2.41 bits per heavy atom. The summed E-state index contributed by atoms with van der Waals surface area (Å²) in [7, 11) is 1.61. The lowest BCUT2D eigenvalue weighted by molar-refractivity contribution is -0.137. The van der Waals surface area contributed by atoms with Crippen LogP contribution >= 0.6 is 0 Å². The van der Waals surface area contributed by atoms with Gasteiger partial charge in [-0.15, -0.1) is 0 Å². The van der Waals surface area contributed by atoms with Crippen molar-refractivity contribution in [2.45, 2.75) is 38.4 Å². The summed E-state index contributed by atoms with van der Waals surface area (Å²) in [6, 6.07) is 4.08. The van der Waals surface area contributed by atoms with Crippen LogP contribution in [0, 0.1) is 5.92 Å². The standard InChI is InChI=1S/C20H25F3N4O2/c1-12(14-5-7-15(8-6-14)20(21,22)23)26-19(16(10-28)17(24)11-29)27-18(25-2)9-13-3-4-13/h5-8,10,12-13,29H,3-4,9,11,24H2,1-2H3,(H,25,26,27). The molecule has 1 fully saturated rings. The molecule has 0 aromatic heterocycles. The maximum atomic E-state index is 12.8. The van der Waals surface area contributed by atoms with E-state index < -0.39 is 24.4 Å². The molecule has 0 spiro atoms. The quantitative estimate of drug-likeness (QED) is 0.278. The molecule has 1 aromatic rings. The first-order valence-electron chi connectivity index (χ1n) is 9.22. The molecule has 0 bridgehead atoms. The summed E-state index contributed by atoms with van der Waals surface area (Å²) in [6.07, 6.45) is -1.04. The molecular weight excluding hydrogens is 385 g/mol. The van der Waals surface area contributed by atoms with Crippen molar-refractivity contribution in [1.82, 2.24) is 5.32 Å². The average molecular weight is 410 g/mol. The molecular formula is C20H25F3N4O2. The second kappa shape index (κ2) is 9.69. The van der Waals surface area contributed by atoms with E-state index in [9.17, 15) is 23.1 Å². The van der Waals surface area contributed by atoms with Gasteiger partial charge in [0.15, 0.2) is 6.29 Å². The minimum Gasteiger partial charge on any atom is -0.399 e. The van der Waals surface area contributed by atoms with Crippen molar-refractivity contribution < 1.29 is 23.1 Å². The number of rotatable bonds is 7. The highest BCUT2D eigenvalue weighted by Crippen LogP contribution is 2.32. The molecule has 1 aromatic carbocycles. The molecule has 1 unspecified atom stereocenters. The molecule has 2 rings (SSSR count). The van der Waals surface area contributed by atoms with Crippen LogP contribution in [-0.4, -0.2) is 36.7 Å². The first-order chi connectivity index (χ1) is 13.7. The molecule has 4 N–H and O–H groups in total. The SMILES string of the molecule is CN=C(CC1CC1)NC(=NC(C)c1ccc(C(F)(F)F)cc1)C(C=O)=C(N)CO. The van der Waals surface area contributed by atoms with Crippen molar-refractivity contribution in [3.63, 3.8) is 0 Å². The maximum Gasteiger partial charge on any atom is 0.416 e. The zero-order valence-electron chi connectivity index (χ0n) is 16.3. The van der Waals surface area contributed by atoms with Crippen molar-refractivity contribution in [3.05, 3.63) is 46.7 Å². The Morgan fingerprint density at radius 2 is 1.97 bits per heavy atom. The van der Waals surface area contributed by atoms with Gasteiger partial charge >= 0.3 is 6.18 Å². The van der Waals surface area contributed by atoms with Gasteiger partial charge < -0.3 is 16.2 Å². The van der Waals surface area contributed by atoms with Crippen LogP contribution in [0.25, 0.3) is 0 Å². The number of aliphatic hydroxyl groups is 1. The highest BCUT2D eigenvalue weighted by atomic mass is 19.4. The number of benzene rings is 1. The number of nitrogens with one attached hydrogen (secondary N) is 1. The first-order valence-corrected chi connectivity index (χ1v) is 9.22. The van der Waals surface area contributed by atoms with Gasteiger partial charge in [-0.1, -0.05) is 12.1 Å². The molecule has 1 aliphatic rings. The van der Waals surface area contributed by atoms with E-state index in [1.165, 1.54) is 12.1 Å². The highest BCUT2D eigenvalue weighted by molar-refractivity contribution is 6.19. The Kier molecular flexibility index (Phi) is 7.55. The van der Waals surface area contributed by atoms with Crippen LogP contribution in [0.15, 0.2) is 45.5 Å². The van der Waals surface area contributed by atoms with Gasteiger partial charge in [0.2, 0.25) is 0 Å². The largest absolute Gasteiger partial charge is 0.416 e. The van der Waals surface area contributed by atoms with E-state index in [0.29, 0.717) is 30.0 Å². The third kappa shape index (κ3) is 6.42. The first kappa shape index (κ1) is 22.6. The van der Waals surface area contributed by atoms with Crippen LogP contribution in [0.4, 0.5) is 13.2 Å². The summed E-state index contributed by atoms with van der Waals surface area (Å²) in [6.45, 7) is 1.15. The topological polar surface area (TPSA) is 100 Å². The van der Waals surface area contributed by atoms with Crippen molar-refractivity contribution in [1.29, 1.82) is 0 Å². The van der Waals surface area contributed by atoms with Gasteiger partial charge in [-0.05, 0) is 43.4 Å². The van der Waals surface area contributed by atoms with Crippen LogP contribution in [0.2, 0.25) is 0 Å². The normalized spacial score (nSPS) is 17.6. The molecule has 0 amide bonds. The van der Waals surface area contributed by atoms with Gasteiger partial charge in [-0.25, -0.2) is 0 Å². The monoisotopic (exact) mass is 410 g/mol. The molecule has 0 saturated heterocycles. The zero-order valence-corrected chi connectivity index (χ0v) is 16.3. The van der Waals surface area contributed by atoms with E-state index in [0.717, 1.165) is 25.0 Å². The van der Waals surface area contributed by atoms with Crippen LogP contribution in [-0.2, 0) is 11.0 Å². The lowest BCUT2D eigenvalue weighted by Gasteiger charge is -2.17. The van der Waals surface area contributed by atoms with E-state index in [1.54, 1.807) is 14.0 Å². The number of aliphatic hydroxyl groups excluding tert-OH is 1. The van der Waals surface area contributed by atoms with E-state index in [1.807, 2.05) is 0 Å². The Hall–Kier alpha value is -2.68. The lowest BCUT2D eigenvalue weighted by atomic mass is 10.1. The van der Waals surface area contributed by atoms with Crippen LogP contribution in [0.3, 0.4) is 0 Å². The molecule has 158 valence electrons. The fourth-order valence-electron chi connectivity index (χ4n) is 2.69. The Bertz CT molecular complexity index is 810. The summed E-state index contributed by atoms with van der Waals surface area (Å²) in [5, 5.41) is 12.3. The fourth-order valence-corrected chi connectivity index (χ4v) is 2.69. The van der Waals surface area contributed by atoms with Gasteiger partial charge in [0.05, 0.1) is 23.8 Å². The number of alkyl halides is 3. The van der Waals surface area contributed by atoms with Crippen molar-refractivity contribution in [3.8, 4) is 0 Å². The number of carbonyl (C=O) groups excluding carboxylic acids is 1. The fraction of sp³-hybridized carbons (Fsp3) is 0.450. The van der Waals surface area contributed by atoms with Crippen molar-refractivity contribution >= 4 is 18.0 Å². The highest BCUT2D eigenvalue weighted by Gasteiger charge is 2.30. The second-order valence-electron chi connectivity index (χ2n) is 6.93. The predicted octanol–water partition coefficient (Wildman–Crippen LogP) is 2.99. The molecule has 0 heterocycles. The van der Waals surface area contributed by atoms with Gasteiger partial charge in [0.1, 0.15) is 11.7 Å². The smallest absolute Gasteiger partial charge is 0.399 e. The summed E-state index contributed by atoms with van der Waals surface area (Å²) < 4.78 is 38.3. The number of aldehydes is 1. The number of halogens is 3. The average Bonchev–Trinajstić information content (AvgIpc) is 3.51. The number of hydrogen-bond acceptors (Lipinski definition) is 5. The van der Waals surface area contributed by atoms with Gasteiger partial charge in [0.25, 0.3) is 0 Å². The van der Waals surface area contributed by atoms with Gasteiger partial charge in [-0.3, -0.25) is 14.8 Å². The van der Waals surface area contributed by atoms with Crippen LogP contribution < -0.4 is 11.1 Å².